The highest BCUT2D eigenvalue weighted by atomic mass is 79.9. The molecular formula is C33H26BrN3O5. The zero-order chi connectivity index (χ0) is 29.2. The molecule has 0 unspecified atom stereocenters. The lowest BCUT2D eigenvalue weighted by molar-refractivity contribution is 0.266. The summed E-state index contributed by atoms with van der Waals surface area (Å²) in [5, 5.41) is 5.88. The Kier molecular flexibility index (Phi) is 7.50. The molecule has 0 saturated heterocycles. The van der Waals surface area contributed by atoms with Crippen LogP contribution < -0.4 is 19.8 Å². The van der Waals surface area contributed by atoms with E-state index in [9.17, 15) is 4.79 Å². The summed E-state index contributed by atoms with van der Waals surface area (Å²) in [7, 11) is 3.12. The average Bonchev–Trinajstić information content (AvgIpc) is 3.42. The van der Waals surface area contributed by atoms with Crippen LogP contribution in [0.2, 0.25) is 0 Å². The van der Waals surface area contributed by atoms with Gasteiger partial charge in [-0.05, 0) is 61.0 Å². The Morgan fingerprint density at radius 1 is 0.952 bits per heavy atom. The van der Waals surface area contributed by atoms with Gasteiger partial charge in [-0.25, -0.2) is 4.98 Å². The summed E-state index contributed by atoms with van der Waals surface area (Å²) < 4.78 is 25.7. The molecule has 0 radical (unpaired) electrons. The number of methoxy groups -OCH3 is 2. The number of ether oxygens (including phenoxy) is 3. The fourth-order valence-electron chi connectivity index (χ4n) is 4.71. The van der Waals surface area contributed by atoms with E-state index in [0.29, 0.717) is 51.7 Å². The normalized spacial score (nSPS) is 11.4. The first-order valence-electron chi connectivity index (χ1n) is 13.1. The molecule has 0 bridgehead atoms. The molecule has 8 nitrogen and oxygen atoms in total. The number of hydrogen-bond acceptors (Lipinski definition) is 7. The van der Waals surface area contributed by atoms with Crippen LogP contribution in [-0.2, 0) is 6.61 Å². The second kappa shape index (κ2) is 11.5. The van der Waals surface area contributed by atoms with Crippen LogP contribution >= 0.6 is 15.9 Å². The first-order valence-corrected chi connectivity index (χ1v) is 13.9. The second-order valence-electron chi connectivity index (χ2n) is 9.64. The number of hydrogen-bond donors (Lipinski definition) is 0. The van der Waals surface area contributed by atoms with E-state index in [4.69, 9.17) is 23.6 Å². The van der Waals surface area contributed by atoms with Gasteiger partial charge in [0.1, 0.15) is 12.2 Å². The van der Waals surface area contributed by atoms with Crippen LogP contribution in [0.3, 0.4) is 0 Å². The Morgan fingerprint density at radius 2 is 1.74 bits per heavy atom. The predicted octanol–water partition coefficient (Wildman–Crippen LogP) is 7.36. The number of nitrogens with zero attached hydrogens (tertiary/aromatic N) is 3. The maximum atomic E-state index is 13.6. The molecule has 2 heterocycles. The third-order valence-electron chi connectivity index (χ3n) is 6.72. The highest BCUT2D eigenvalue weighted by Gasteiger charge is 2.18. The first-order chi connectivity index (χ1) is 20.4. The zero-order valence-corrected chi connectivity index (χ0v) is 24.7. The van der Waals surface area contributed by atoms with Crippen LogP contribution in [0.4, 0.5) is 0 Å². The molecule has 2 aromatic heterocycles. The molecule has 0 atom stereocenters. The molecule has 0 N–H and O–H groups in total. The van der Waals surface area contributed by atoms with Crippen LogP contribution in [0.25, 0.3) is 33.5 Å². The Hall–Kier alpha value is -4.89. The highest BCUT2D eigenvalue weighted by Crippen LogP contribution is 2.39. The van der Waals surface area contributed by atoms with E-state index in [1.807, 2.05) is 55.5 Å². The molecule has 0 saturated carbocycles. The SMILES string of the molecule is COc1cc(C=Nn2c(-c3cc4cc(Br)ccc4o3)nc3ccccc3c2=O)cc(OC)c1OCc1cccc(C)c1. The molecule has 0 aliphatic heterocycles. The van der Waals surface area contributed by atoms with Crippen molar-refractivity contribution >= 4 is 44.0 Å². The van der Waals surface area contributed by atoms with Gasteiger partial charge < -0.3 is 18.6 Å². The van der Waals surface area contributed by atoms with Gasteiger partial charge in [-0.3, -0.25) is 4.79 Å². The van der Waals surface area contributed by atoms with Gasteiger partial charge in [0.25, 0.3) is 5.56 Å². The molecule has 4 aromatic carbocycles. The number of rotatable bonds is 8. The monoisotopic (exact) mass is 623 g/mol. The molecule has 0 aliphatic carbocycles. The lowest BCUT2D eigenvalue weighted by atomic mass is 10.1. The molecule has 42 heavy (non-hydrogen) atoms. The van der Waals surface area contributed by atoms with E-state index < -0.39 is 0 Å². The minimum absolute atomic E-state index is 0.277. The molecule has 210 valence electrons. The van der Waals surface area contributed by atoms with Crippen LogP contribution in [0, 0.1) is 6.92 Å². The summed E-state index contributed by atoms with van der Waals surface area (Å²) >= 11 is 3.49. The number of benzene rings is 4. The third kappa shape index (κ3) is 5.38. The van der Waals surface area contributed by atoms with Crippen molar-refractivity contribution in [2.24, 2.45) is 5.10 Å². The van der Waals surface area contributed by atoms with Crippen molar-refractivity contribution in [3.8, 4) is 28.8 Å². The van der Waals surface area contributed by atoms with Gasteiger partial charge in [0, 0.05) is 15.4 Å². The van der Waals surface area contributed by atoms with Crippen molar-refractivity contribution in [2.75, 3.05) is 14.2 Å². The van der Waals surface area contributed by atoms with Gasteiger partial charge >= 0.3 is 0 Å². The van der Waals surface area contributed by atoms with E-state index in [1.165, 1.54) is 4.68 Å². The summed E-state index contributed by atoms with van der Waals surface area (Å²) in [6.07, 6.45) is 1.55. The number of aromatic nitrogens is 2. The van der Waals surface area contributed by atoms with Gasteiger partial charge in [-0.2, -0.15) is 9.78 Å². The van der Waals surface area contributed by atoms with Crippen molar-refractivity contribution in [1.29, 1.82) is 0 Å². The Morgan fingerprint density at radius 3 is 2.50 bits per heavy atom. The van der Waals surface area contributed by atoms with Gasteiger partial charge in [0.05, 0.1) is 31.3 Å². The number of para-hydroxylation sites is 1. The van der Waals surface area contributed by atoms with Gasteiger partial charge in [0.2, 0.25) is 11.6 Å². The Balaban J connectivity index is 1.41. The maximum absolute atomic E-state index is 13.6. The van der Waals surface area contributed by atoms with E-state index in [-0.39, 0.29) is 11.4 Å². The number of aryl methyl sites for hydroxylation is 1. The fourth-order valence-corrected chi connectivity index (χ4v) is 5.09. The molecule has 6 rings (SSSR count). The van der Waals surface area contributed by atoms with Crippen molar-refractivity contribution in [1.82, 2.24) is 9.66 Å². The fraction of sp³-hybridized carbons (Fsp3) is 0.121. The van der Waals surface area contributed by atoms with Crippen LogP contribution in [0.1, 0.15) is 16.7 Å². The molecule has 0 amide bonds. The predicted molar refractivity (Wildman–Crippen MR) is 167 cm³/mol. The third-order valence-corrected chi connectivity index (χ3v) is 7.22. The molecule has 0 aliphatic rings. The van der Waals surface area contributed by atoms with E-state index in [1.54, 1.807) is 50.8 Å². The topological polar surface area (TPSA) is 88.1 Å². The maximum Gasteiger partial charge on any atom is 0.282 e. The lowest BCUT2D eigenvalue weighted by Gasteiger charge is -2.15. The van der Waals surface area contributed by atoms with Crippen LogP contribution in [-0.4, -0.2) is 30.1 Å². The second-order valence-corrected chi connectivity index (χ2v) is 10.6. The summed E-state index contributed by atoms with van der Waals surface area (Å²) in [6, 6.07) is 26.3. The standard InChI is InChI=1S/C33H26BrN3O5/c1-20-7-6-8-21(13-20)19-41-31-28(39-2)14-22(15-29(31)40-3)18-35-37-32(36-26-10-5-4-9-25(26)33(37)38)30-17-23-16-24(34)11-12-27(23)42-30/h4-18H,19H2,1-3H3. The zero-order valence-electron chi connectivity index (χ0n) is 23.1. The van der Waals surface area contributed by atoms with E-state index >= 15 is 0 Å². The minimum atomic E-state index is -0.328. The number of furan rings is 1. The van der Waals surface area contributed by atoms with Crippen molar-refractivity contribution in [3.05, 3.63) is 116 Å². The first kappa shape index (κ1) is 27.3. The van der Waals surface area contributed by atoms with E-state index in [0.717, 1.165) is 21.0 Å². The summed E-state index contributed by atoms with van der Waals surface area (Å²) in [4.78, 5) is 18.4. The summed E-state index contributed by atoms with van der Waals surface area (Å²) in [5.41, 5.74) is 3.69. The highest BCUT2D eigenvalue weighted by molar-refractivity contribution is 9.10. The molecule has 0 spiro atoms. The van der Waals surface area contributed by atoms with Crippen LogP contribution in [0.15, 0.2) is 104 Å². The molecule has 9 heteroatoms. The Labute approximate surface area is 249 Å². The number of fused-ring (bicyclic) bond motifs is 2. The van der Waals surface area contributed by atoms with Gasteiger partial charge in [-0.1, -0.05) is 57.9 Å². The largest absolute Gasteiger partial charge is 0.493 e. The quantitative estimate of drug-likeness (QED) is 0.165. The van der Waals surface area contributed by atoms with Gasteiger partial charge in [0.15, 0.2) is 17.3 Å². The molecular weight excluding hydrogens is 598 g/mol. The van der Waals surface area contributed by atoms with Crippen molar-refractivity contribution in [3.63, 3.8) is 0 Å². The summed E-state index contributed by atoms with van der Waals surface area (Å²) in [5.74, 6) is 2.10. The molecule has 0 fully saturated rings. The Bertz CT molecular complexity index is 2000. The smallest absolute Gasteiger partial charge is 0.282 e. The van der Waals surface area contributed by atoms with Crippen molar-refractivity contribution in [2.45, 2.75) is 13.5 Å². The minimum Gasteiger partial charge on any atom is -0.493 e. The molecule has 6 aromatic rings. The number of halogens is 1. The van der Waals surface area contributed by atoms with Gasteiger partial charge in [-0.15, -0.1) is 0 Å². The summed E-state index contributed by atoms with van der Waals surface area (Å²) in [6.45, 7) is 2.38. The van der Waals surface area contributed by atoms with Crippen molar-refractivity contribution < 1.29 is 18.6 Å². The van der Waals surface area contributed by atoms with Crippen LogP contribution in [0.5, 0.6) is 17.2 Å². The lowest BCUT2D eigenvalue weighted by Crippen LogP contribution is -2.20. The average molecular weight is 624 g/mol. The van der Waals surface area contributed by atoms with E-state index in [2.05, 4.69) is 27.1 Å².